The summed E-state index contributed by atoms with van der Waals surface area (Å²) < 4.78 is 17.0. The SMILES string of the molecule is CC/C=C/C/C=C/C/C=C/C/C=C/C/C=C/C/C=C/C/C=C/CCCC(=O)OC(COCCC(C(=O)[O-])[N+](C)(C)C)COC(=O)CCCCCC/C=C/CCCC. The molecule has 0 N–H and O–H groups in total. The van der Waals surface area contributed by atoms with Gasteiger partial charge in [-0.05, 0) is 83.5 Å². The number of nitrogens with zero attached hydrogens (tertiary/aromatic N) is 1. The van der Waals surface area contributed by atoms with Gasteiger partial charge >= 0.3 is 11.9 Å². The van der Waals surface area contributed by atoms with Crippen LogP contribution in [0.4, 0.5) is 0 Å². The lowest BCUT2D eigenvalue weighted by atomic mass is 10.1. The quantitative estimate of drug-likeness (QED) is 0.0267. The molecule has 0 spiro atoms. The molecule has 2 unspecified atom stereocenters. The summed E-state index contributed by atoms with van der Waals surface area (Å²) in [5, 5.41) is 11.6. The van der Waals surface area contributed by atoms with Gasteiger partial charge in [0.1, 0.15) is 12.6 Å². The van der Waals surface area contributed by atoms with Crippen LogP contribution in [0.15, 0.2) is 97.2 Å². The van der Waals surface area contributed by atoms with Crippen molar-refractivity contribution in [1.29, 1.82) is 0 Å². The molecule has 0 fully saturated rings. The van der Waals surface area contributed by atoms with Crippen molar-refractivity contribution in [2.24, 2.45) is 0 Å². The number of unbranched alkanes of at least 4 members (excludes halogenated alkanes) is 7. The van der Waals surface area contributed by atoms with E-state index in [0.717, 1.165) is 89.9 Å². The van der Waals surface area contributed by atoms with Crippen LogP contribution in [0.25, 0.3) is 0 Å². The summed E-state index contributed by atoms with van der Waals surface area (Å²) in [4.78, 5) is 36.7. The number of likely N-dealkylation sites (N-methyl/N-ethyl adjacent to an activating group) is 1. The topological polar surface area (TPSA) is 102 Å². The van der Waals surface area contributed by atoms with Crippen LogP contribution in [-0.2, 0) is 28.6 Å². The van der Waals surface area contributed by atoms with Crippen LogP contribution in [0.1, 0.15) is 142 Å². The van der Waals surface area contributed by atoms with E-state index in [1.807, 2.05) is 0 Å². The van der Waals surface area contributed by atoms with Gasteiger partial charge in [-0.25, -0.2) is 0 Å². The van der Waals surface area contributed by atoms with Gasteiger partial charge in [0.25, 0.3) is 0 Å². The predicted molar refractivity (Wildman–Crippen MR) is 235 cm³/mol. The van der Waals surface area contributed by atoms with Gasteiger partial charge in [-0.1, -0.05) is 137 Å². The molecule has 8 heteroatoms. The molecule has 0 aromatic heterocycles. The fourth-order valence-corrected chi connectivity index (χ4v) is 5.57. The number of esters is 2. The maximum Gasteiger partial charge on any atom is 0.306 e. The van der Waals surface area contributed by atoms with Gasteiger partial charge in [0, 0.05) is 19.3 Å². The van der Waals surface area contributed by atoms with Crippen molar-refractivity contribution in [2.75, 3.05) is 41.0 Å². The summed E-state index contributed by atoms with van der Waals surface area (Å²) in [6, 6.07) is -0.742. The van der Waals surface area contributed by atoms with Gasteiger partial charge in [0.15, 0.2) is 6.10 Å². The maximum absolute atomic E-state index is 12.7. The van der Waals surface area contributed by atoms with Crippen LogP contribution in [0.2, 0.25) is 0 Å². The van der Waals surface area contributed by atoms with Crippen LogP contribution in [0.3, 0.4) is 0 Å². The molecule has 0 amide bonds. The van der Waals surface area contributed by atoms with Gasteiger partial charge in [0.2, 0.25) is 0 Å². The number of carboxylic acids is 1. The van der Waals surface area contributed by atoms with Crippen LogP contribution >= 0.6 is 0 Å². The Morgan fingerprint density at radius 1 is 0.544 bits per heavy atom. The molecule has 0 saturated carbocycles. The zero-order chi connectivity index (χ0) is 42.1. The minimum atomic E-state index is -1.14. The Labute approximate surface area is 347 Å². The monoisotopic (exact) mass is 794 g/mol. The molecule has 0 aliphatic heterocycles. The zero-order valence-electron chi connectivity index (χ0n) is 36.5. The van der Waals surface area contributed by atoms with E-state index in [2.05, 4.69) is 111 Å². The molecule has 322 valence electrons. The normalized spacial score (nSPS) is 13.9. The second kappa shape index (κ2) is 39.1. The number of allylic oxidation sites excluding steroid dienone is 16. The Bertz CT molecular complexity index is 1250. The van der Waals surface area contributed by atoms with Gasteiger partial charge in [-0.2, -0.15) is 0 Å². The second-order valence-corrected chi connectivity index (χ2v) is 15.2. The van der Waals surface area contributed by atoms with E-state index in [4.69, 9.17) is 14.2 Å². The molecule has 0 heterocycles. The minimum Gasteiger partial charge on any atom is -0.544 e. The third kappa shape index (κ3) is 37.6. The lowest BCUT2D eigenvalue weighted by Crippen LogP contribution is -2.55. The summed E-state index contributed by atoms with van der Waals surface area (Å²) in [5.74, 6) is -1.85. The first-order valence-electron chi connectivity index (χ1n) is 21.8. The molecule has 0 aromatic rings. The second-order valence-electron chi connectivity index (χ2n) is 15.2. The van der Waals surface area contributed by atoms with E-state index in [1.165, 1.54) is 12.8 Å². The number of carbonyl (C=O) groups excluding carboxylic acids is 3. The van der Waals surface area contributed by atoms with Gasteiger partial charge < -0.3 is 28.6 Å². The highest BCUT2D eigenvalue weighted by Crippen LogP contribution is 2.11. The van der Waals surface area contributed by atoms with Crippen LogP contribution < -0.4 is 5.11 Å². The largest absolute Gasteiger partial charge is 0.544 e. The molecule has 0 radical (unpaired) electrons. The predicted octanol–water partition coefficient (Wildman–Crippen LogP) is 10.6. The maximum atomic E-state index is 12.7. The van der Waals surface area contributed by atoms with E-state index in [1.54, 1.807) is 21.1 Å². The smallest absolute Gasteiger partial charge is 0.306 e. The number of hydrogen-bond acceptors (Lipinski definition) is 7. The summed E-state index contributed by atoms with van der Waals surface area (Å²) in [7, 11) is 5.37. The van der Waals surface area contributed by atoms with Gasteiger partial charge in [0.05, 0.1) is 40.3 Å². The number of ether oxygens (including phenoxy) is 3. The van der Waals surface area contributed by atoms with Gasteiger partial charge in [-0.15, -0.1) is 0 Å². The Morgan fingerprint density at radius 3 is 1.51 bits per heavy atom. The van der Waals surface area contributed by atoms with Crippen molar-refractivity contribution in [2.45, 2.75) is 154 Å². The Morgan fingerprint density at radius 2 is 1.00 bits per heavy atom. The molecule has 57 heavy (non-hydrogen) atoms. The van der Waals surface area contributed by atoms with E-state index >= 15 is 0 Å². The molecular weight excluding hydrogens is 715 g/mol. The van der Waals surface area contributed by atoms with Crippen LogP contribution in [0.5, 0.6) is 0 Å². The Balaban J connectivity index is 4.46. The molecule has 0 aliphatic rings. The average molecular weight is 794 g/mol. The summed E-state index contributed by atoms with van der Waals surface area (Å²) in [5.41, 5.74) is 0. The highest BCUT2D eigenvalue weighted by atomic mass is 16.6. The van der Waals surface area contributed by atoms with E-state index in [0.29, 0.717) is 12.8 Å². The number of quaternary nitrogens is 1. The van der Waals surface area contributed by atoms with Crippen LogP contribution in [-0.4, -0.2) is 75.5 Å². The number of carbonyl (C=O) groups is 3. The fraction of sp³-hybridized carbons (Fsp3) is 0.612. The number of hydrogen-bond donors (Lipinski definition) is 0. The third-order valence-electron chi connectivity index (χ3n) is 8.95. The highest BCUT2D eigenvalue weighted by molar-refractivity contribution is 5.70. The summed E-state index contributed by atoms with van der Waals surface area (Å²) in [6.07, 6.45) is 51.6. The standard InChI is InChI=1S/C49H79NO7/c1-6-8-10-12-14-16-18-19-20-21-22-23-24-25-26-27-28-29-30-32-34-36-38-40-48(52)57-45(43-55-42-41-46(49(53)54)50(3,4)5)44-56-47(51)39-37-35-33-31-17-15-13-11-9-7-2/h8,10,13-16,19-20,22-23,25-26,28-29,32,34,45-46H,6-7,9,11-12,17-18,21,24,27,30-31,33,35-44H2,1-5H3/b10-8+,15-13+,16-14+,20-19+,23-22+,26-25+,29-28+,34-32+. The van der Waals surface area contributed by atoms with Crippen molar-refractivity contribution in [1.82, 2.24) is 0 Å². The average Bonchev–Trinajstić information content (AvgIpc) is 3.17. The molecule has 0 bridgehead atoms. The first-order valence-corrected chi connectivity index (χ1v) is 21.8. The lowest BCUT2D eigenvalue weighted by Gasteiger charge is -2.34. The molecule has 8 nitrogen and oxygen atoms in total. The molecule has 0 saturated heterocycles. The molecular formula is C49H79NO7. The summed E-state index contributed by atoms with van der Waals surface area (Å²) in [6.45, 7) is 4.40. The zero-order valence-corrected chi connectivity index (χ0v) is 36.5. The van der Waals surface area contributed by atoms with Crippen LogP contribution in [0, 0.1) is 0 Å². The number of aliphatic carboxylic acids is 1. The minimum absolute atomic E-state index is 0.00750. The highest BCUT2D eigenvalue weighted by Gasteiger charge is 2.25. The Hall–Kier alpha value is -3.75. The number of carboxylic acid groups (broad SMARTS) is 1. The van der Waals surface area contributed by atoms with Gasteiger partial charge in [-0.3, -0.25) is 9.59 Å². The third-order valence-corrected chi connectivity index (χ3v) is 8.95. The molecule has 2 atom stereocenters. The molecule has 0 rings (SSSR count). The van der Waals surface area contributed by atoms with Crippen molar-refractivity contribution < 1.29 is 38.2 Å². The lowest BCUT2D eigenvalue weighted by molar-refractivity contribution is -0.889. The molecule has 0 aliphatic carbocycles. The number of rotatable bonds is 37. The summed E-state index contributed by atoms with van der Waals surface area (Å²) >= 11 is 0. The van der Waals surface area contributed by atoms with Crippen molar-refractivity contribution in [3.8, 4) is 0 Å². The molecule has 0 aromatic carbocycles. The fourth-order valence-electron chi connectivity index (χ4n) is 5.57. The van der Waals surface area contributed by atoms with Crippen molar-refractivity contribution in [3.63, 3.8) is 0 Å². The van der Waals surface area contributed by atoms with E-state index in [-0.39, 0.29) is 49.1 Å². The van der Waals surface area contributed by atoms with E-state index in [9.17, 15) is 19.5 Å². The van der Waals surface area contributed by atoms with E-state index < -0.39 is 18.1 Å². The van der Waals surface area contributed by atoms with Crippen molar-refractivity contribution >= 4 is 17.9 Å². The first-order chi connectivity index (χ1) is 27.6. The van der Waals surface area contributed by atoms with Crippen molar-refractivity contribution in [3.05, 3.63) is 97.2 Å². The Kier molecular flexibility index (Phi) is 36.5. The first kappa shape index (κ1) is 53.2.